The maximum Gasteiger partial charge on any atom is 0.404 e. The van der Waals surface area contributed by atoms with Gasteiger partial charge in [-0.3, -0.25) is 4.79 Å². The van der Waals surface area contributed by atoms with Crippen molar-refractivity contribution in [1.29, 1.82) is 0 Å². The topological polar surface area (TPSA) is 108 Å². The zero-order chi connectivity index (χ0) is 22.4. The molecule has 0 spiro atoms. The normalized spacial score (nSPS) is 21.5. The molecule has 2 aromatic heterocycles. The van der Waals surface area contributed by atoms with Gasteiger partial charge in [-0.1, -0.05) is 6.07 Å². The van der Waals surface area contributed by atoms with Crippen LogP contribution in [-0.4, -0.2) is 46.1 Å². The maximum atomic E-state index is 12.8. The number of piperidine rings is 1. The van der Waals surface area contributed by atoms with E-state index in [1.165, 1.54) is 12.1 Å². The van der Waals surface area contributed by atoms with Gasteiger partial charge in [-0.25, -0.2) is 23.5 Å². The molecule has 2 amide bonds. The van der Waals surface area contributed by atoms with Crippen LogP contribution in [0.1, 0.15) is 22.5 Å². The maximum absolute atomic E-state index is 12.8. The van der Waals surface area contributed by atoms with E-state index in [4.69, 9.17) is 15.2 Å². The fourth-order valence-electron chi connectivity index (χ4n) is 4.10. The van der Waals surface area contributed by atoms with Crippen LogP contribution >= 0.6 is 0 Å². The summed E-state index contributed by atoms with van der Waals surface area (Å²) in [5.41, 5.74) is 5.81. The smallest absolute Gasteiger partial charge is 0.404 e. The second-order valence-electron chi connectivity index (χ2n) is 7.82. The van der Waals surface area contributed by atoms with Crippen LogP contribution in [-0.2, 0) is 4.74 Å². The standard InChI is InChI=1S/C22H18F2N4O4/c23-20(24)12-2-6-18(26-8-12)31-13-3-5-16-11(7-13)1-4-17(27-16)21(29)28-9-14-15(10-28)19(14)32-22(25)30/h1-8,14-15,19-20H,9-10H2,(H2,25,30). The number of hydrogen-bond donors (Lipinski definition) is 1. The minimum Gasteiger partial charge on any atom is -0.446 e. The highest BCUT2D eigenvalue weighted by atomic mass is 19.3. The van der Waals surface area contributed by atoms with Crippen molar-refractivity contribution >= 4 is 22.9 Å². The first-order chi connectivity index (χ1) is 15.4. The number of hydrogen-bond acceptors (Lipinski definition) is 6. The second kappa shape index (κ2) is 7.70. The van der Waals surface area contributed by atoms with Crippen molar-refractivity contribution in [3.63, 3.8) is 0 Å². The highest BCUT2D eigenvalue weighted by Crippen LogP contribution is 2.48. The largest absolute Gasteiger partial charge is 0.446 e. The first-order valence-electron chi connectivity index (χ1n) is 9.97. The summed E-state index contributed by atoms with van der Waals surface area (Å²) in [6.07, 6.45) is -2.50. The van der Waals surface area contributed by atoms with Gasteiger partial charge >= 0.3 is 6.09 Å². The Hall–Kier alpha value is -3.82. The molecular weight excluding hydrogens is 422 g/mol. The van der Waals surface area contributed by atoms with Crippen LogP contribution in [0.15, 0.2) is 48.7 Å². The zero-order valence-corrected chi connectivity index (χ0v) is 16.7. The van der Waals surface area contributed by atoms with E-state index < -0.39 is 12.5 Å². The second-order valence-corrected chi connectivity index (χ2v) is 7.82. The summed E-state index contributed by atoms with van der Waals surface area (Å²) in [6, 6.07) is 11.2. The number of halogens is 2. The van der Waals surface area contributed by atoms with Crippen molar-refractivity contribution in [1.82, 2.24) is 14.9 Å². The van der Waals surface area contributed by atoms with Crippen LogP contribution in [0.2, 0.25) is 0 Å². The number of amides is 2. The fourth-order valence-corrected chi connectivity index (χ4v) is 4.10. The number of nitrogens with zero attached hydrogens (tertiary/aromatic N) is 3. The molecule has 2 fully saturated rings. The van der Waals surface area contributed by atoms with Gasteiger partial charge in [-0.05, 0) is 30.3 Å². The van der Waals surface area contributed by atoms with Crippen molar-refractivity contribution in [2.45, 2.75) is 12.5 Å². The van der Waals surface area contributed by atoms with Gasteiger partial charge in [0.2, 0.25) is 5.88 Å². The summed E-state index contributed by atoms with van der Waals surface area (Å²) in [5, 5.41) is 0.752. The minimum absolute atomic E-state index is 0.134. The van der Waals surface area contributed by atoms with E-state index in [-0.39, 0.29) is 35.3 Å². The Morgan fingerprint density at radius 1 is 1.09 bits per heavy atom. The molecule has 0 radical (unpaired) electrons. The van der Waals surface area contributed by atoms with Crippen LogP contribution in [0.4, 0.5) is 13.6 Å². The first kappa shape index (κ1) is 20.1. The molecule has 32 heavy (non-hydrogen) atoms. The van der Waals surface area contributed by atoms with E-state index in [2.05, 4.69) is 9.97 Å². The van der Waals surface area contributed by atoms with Gasteiger partial charge in [0.1, 0.15) is 17.5 Å². The Kier molecular flexibility index (Phi) is 4.84. The summed E-state index contributed by atoms with van der Waals surface area (Å²) < 4.78 is 35.9. The van der Waals surface area contributed by atoms with E-state index in [9.17, 15) is 18.4 Å². The SMILES string of the molecule is NC(=O)OC1C2CN(C(=O)c3ccc4cc(Oc5ccc(C(F)F)cn5)ccc4n3)CC21. The van der Waals surface area contributed by atoms with Crippen molar-refractivity contribution in [2.24, 2.45) is 17.6 Å². The number of rotatable bonds is 5. The number of benzene rings is 1. The highest BCUT2D eigenvalue weighted by Gasteiger charge is 2.59. The van der Waals surface area contributed by atoms with Crippen LogP contribution < -0.4 is 10.5 Å². The Morgan fingerprint density at radius 2 is 1.88 bits per heavy atom. The molecule has 1 aliphatic carbocycles. The Morgan fingerprint density at radius 3 is 2.53 bits per heavy atom. The van der Waals surface area contributed by atoms with Crippen LogP contribution in [0, 0.1) is 11.8 Å². The van der Waals surface area contributed by atoms with Gasteiger partial charge < -0.3 is 20.1 Å². The van der Waals surface area contributed by atoms with E-state index in [1.54, 1.807) is 35.2 Å². The molecule has 1 saturated carbocycles. The highest BCUT2D eigenvalue weighted by molar-refractivity contribution is 5.95. The number of ether oxygens (including phenoxy) is 2. The van der Waals surface area contributed by atoms with Crippen molar-refractivity contribution < 1.29 is 27.8 Å². The molecule has 3 aromatic rings. The zero-order valence-electron chi connectivity index (χ0n) is 16.7. The molecule has 1 aromatic carbocycles. The van der Waals surface area contributed by atoms with E-state index >= 15 is 0 Å². The molecule has 2 aliphatic rings. The van der Waals surface area contributed by atoms with Gasteiger partial charge in [0.15, 0.2) is 0 Å². The van der Waals surface area contributed by atoms with Crippen LogP contribution in [0.5, 0.6) is 11.6 Å². The average molecular weight is 440 g/mol. The molecule has 2 unspecified atom stereocenters. The Bertz CT molecular complexity index is 1190. The molecule has 0 bridgehead atoms. The number of nitrogens with two attached hydrogens (primary N) is 1. The van der Waals surface area contributed by atoms with Crippen LogP contribution in [0.25, 0.3) is 10.9 Å². The number of aromatic nitrogens is 2. The molecule has 5 rings (SSSR count). The molecule has 1 aliphatic heterocycles. The molecule has 2 N–H and O–H groups in total. The number of likely N-dealkylation sites (tertiary alicyclic amines) is 1. The predicted molar refractivity (Wildman–Crippen MR) is 108 cm³/mol. The summed E-state index contributed by atoms with van der Waals surface area (Å²) in [7, 11) is 0. The quantitative estimate of drug-likeness (QED) is 0.650. The summed E-state index contributed by atoms with van der Waals surface area (Å²) in [5.74, 6) is 0.751. The monoisotopic (exact) mass is 440 g/mol. The van der Waals surface area contributed by atoms with Crippen molar-refractivity contribution in [3.8, 4) is 11.6 Å². The van der Waals surface area contributed by atoms with E-state index in [0.29, 0.717) is 30.0 Å². The first-order valence-corrected chi connectivity index (χ1v) is 9.97. The van der Waals surface area contributed by atoms with E-state index in [1.807, 2.05) is 0 Å². The summed E-state index contributed by atoms with van der Waals surface area (Å²) in [6.45, 7) is 1.01. The van der Waals surface area contributed by atoms with Crippen LogP contribution in [0.3, 0.4) is 0 Å². The number of pyridine rings is 2. The molecule has 164 valence electrons. The van der Waals surface area contributed by atoms with E-state index in [0.717, 1.165) is 11.6 Å². The number of carbonyl (C=O) groups excluding carboxylic acids is 2. The van der Waals surface area contributed by atoms with Gasteiger partial charge in [-0.15, -0.1) is 0 Å². The lowest BCUT2D eigenvalue weighted by atomic mass is 10.2. The summed E-state index contributed by atoms with van der Waals surface area (Å²) >= 11 is 0. The summed E-state index contributed by atoms with van der Waals surface area (Å²) in [4.78, 5) is 33.7. The third-order valence-corrected chi connectivity index (χ3v) is 5.77. The minimum atomic E-state index is -2.59. The Labute approximate surface area is 180 Å². The number of primary amides is 1. The fraction of sp³-hybridized carbons (Fsp3) is 0.273. The third kappa shape index (κ3) is 3.79. The molecule has 10 heteroatoms. The van der Waals surface area contributed by atoms with Gasteiger partial charge in [-0.2, -0.15) is 0 Å². The average Bonchev–Trinajstić information content (AvgIpc) is 3.19. The molecule has 1 saturated heterocycles. The lowest BCUT2D eigenvalue weighted by molar-refractivity contribution is 0.0726. The number of alkyl halides is 2. The predicted octanol–water partition coefficient (Wildman–Crippen LogP) is 3.53. The number of fused-ring (bicyclic) bond motifs is 2. The van der Waals surface area contributed by atoms with Gasteiger partial charge in [0, 0.05) is 48.1 Å². The molecule has 8 nitrogen and oxygen atoms in total. The third-order valence-electron chi connectivity index (χ3n) is 5.77. The van der Waals surface area contributed by atoms with Gasteiger partial charge in [0.05, 0.1) is 5.52 Å². The lowest BCUT2D eigenvalue weighted by Crippen LogP contribution is -2.34. The number of carbonyl (C=O) groups is 2. The molecule has 3 heterocycles. The molecular formula is C22H18F2N4O4. The van der Waals surface area contributed by atoms with Crippen molar-refractivity contribution in [2.75, 3.05) is 13.1 Å². The van der Waals surface area contributed by atoms with Gasteiger partial charge in [0.25, 0.3) is 12.3 Å². The van der Waals surface area contributed by atoms with Crippen molar-refractivity contribution in [3.05, 3.63) is 59.9 Å². The lowest BCUT2D eigenvalue weighted by Gasteiger charge is -2.19. The molecule has 2 atom stereocenters. The Balaban J connectivity index is 1.26.